The van der Waals surface area contributed by atoms with Gasteiger partial charge >= 0.3 is 11.9 Å². The molecule has 27 heavy (non-hydrogen) atoms. The van der Waals surface area contributed by atoms with Crippen molar-refractivity contribution < 1.29 is 38.2 Å². The van der Waals surface area contributed by atoms with Crippen LogP contribution in [0.25, 0.3) is 0 Å². The number of rotatable bonds is 9. The second kappa shape index (κ2) is 9.06. The predicted octanol–water partition coefficient (Wildman–Crippen LogP) is 1.53. The van der Waals surface area contributed by atoms with E-state index in [2.05, 4.69) is 0 Å². The Hall–Kier alpha value is -3.04. The zero-order valence-corrected chi connectivity index (χ0v) is 15.3. The number of ether oxygens (including phenoxy) is 5. The first-order chi connectivity index (χ1) is 12.9. The molecule has 0 N–H and O–H groups in total. The molecule has 148 valence electrons. The molecule has 1 atom stereocenters. The van der Waals surface area contributed by atoms with E-state index in [0.29, 0.717) is 17.1 Å². The maximum atomic E-state index is 12.4. The van der Waals surface area contributed by atoms with Crippen molar-refractivity contribution in [1.82, 2.24) is 0 Å². The number of carbonyl (C=O) groups excluding carboxylic acids is 2. The third kappa shape index (κ3) is 4.57. The number of methoxy groups -OCH3 is 1. The Morgan fingerprint density at radius 3 is 2.33 bits per heavy atom. The lowest BCUT2D eigenvalue weighted by Gasteiger charge is -2.22. The van der Waals surface area contributed by atoms with Gasteiger partial charge in [-0.05, 0) is 31.5 Å². The van der Waals surface area contributed by atoms with Crippen molar-refractivity contribution in [3.8, 4) is 17.2 Å². The first kappa shape index (κ1) is 20.3. The summed E-state index contributed by atoms with van der Waals surface area (Å²) in [6, 6.07) is 2.97. The van der Waals surface area contributed by atoms with E-state index in [4.69, 9.17) is 23.7 Å². The highest BCUT2D eigenvalue weighted by Gasteiger charge is 2.42. The fraction of sp³-hybridized carbons (Fsp3) is 0.529. The fourth-order valence-corrected chi connectivity index (χ4v) is 2.82. The Morgan fingerprint density at radius 2 is 1.81 bits per heavy atom. The Balaban J connectivity index is 2.53. The monoisotopic (exact) mass is 383 g/mol. The molecule has 0 aliphatic carbocycles. The Bertz CT molecular complexity index is 701. The molecule has 0 aromatic heterocycles. The van der Waals surface area contributed by atoms with Crippen LogP contribution < -0.4 is 14.2 Å². The fourth-order valence-electron chi connectivity index (χ4n) is 2.82. The lowest BCUT2D eigenvalue weighted by atomic mass is 9.85. The third-order valence-electron chi connectivity index (χ3n) is 3.94. The molecular formula is C17H21NO9. The van der Waals surface area contributed by atoms with Gasteiger partial charge in [0.15, 0.2) is 17.4 Å². The quantitative estimate of drug-likeness (QED) is 0.270. The topological polar surface area (TPSA) is 123 Å². The molecule has 0 amide bonds. The van der Waals surface area contributed by atoms with Gasteiger partial charge in [-0.25, -0.2) is 0 Å². The molecule has 1 aromatic rings. The van der Waals surface area contributed by atoms with E-state index in [1.807, 2.05) is 0 Å². The van der Waals surface area contributed by atoms with Crippen LogP contribution in [0.15, 0.2) is 12.1 Å². The number of benzene rings is 1. The number of nitro groups is 1. The van der Waals surface area contributed by atoms with E-state index in [1.165, 1.54) is 19.2 Å². The van der Waals surface area contributed by atoms with Crippen molar-refractivity contribution in [3.63, 3.8) is 0 Å². The van der Waals surface area contributed by atoms with Gasteiger partial charge in [-0.3, -0.25) is 19.7 Å². The Morgan fingerprint density at radius 1 is 1.19 bits per heavy atom. The van der Waals surface area contributed by atoms with Crippen LogP contribution in [-0.4, -0.2) is 50.5 Å². The highest BCUT2D eigenvalue weighted by Crippen LogP contribution is 2.44. The highest BCUT2D eigenvalue weighted by molar-refractivity contribution is 5.96. The maximum absolute atomic E-state index is 12.4. The van der Waals surface area contributed by atoms with Crippen LogP contribution in [-0.2, 0) is 19.1 Å². The molecule has 0 spiro atoms. The molecule has 1 aromatic carbocycles. The van der Waals surface area contributed by atoms with Crippen molar-refractivity contribution in [2.75, 3.05) is 33.7 Å². The molecular weight excluding hydrogens is 362 g/mol. The Kier molecular flexibility index (Phi) is 6.80. The smallest absolute Gasteiger partial charge is 0.321 e. The molecule has 1 heterocycles. The van der Waals surface area contributed by atoms with Crippen LogP contribution >= 0.6 is 0 Å². The number of fused-ring (bicyclic) bond motifs is 1. The number of carbonyl (C=O) groups is 2. The van der Waals surface area contributed by atoms with Gasteiger partial charge in [0.1, 0.15) is 0 Å². The molecule has 10 heteroatoms. The van der Waals surface area contributed by atoms with Gasteiger partial charge in [0, 0.05) is 4.92 Å². The highest BCUT2D eigenvalue weighted by atomic mass is 16.7. The molecule has 0 saturated heterocycles. The third-order valence-corrected chi connectivity index (χ3v) is 3.94. The van der Waals surface area contributed by atoms with Crippen molar-refractivity contribution in [2.45, 2.75) is 19.8 Å². The standard InChI is InChI=1S/C17H21NO9/c1-4-24-16(19)14(17(20)25-5-2)11(8-18(21)22)10-6-12(23-3)15-13(7-10)26-9-27-15/h6-7,11,14H,4-5,8-9H2,1-3H3/t11-/m0/s1. The van der Waals surface area contributed by atoms with Crippen LogP contribution in [0.4, 0.5) is 0 Å². The lowest BCUT2D eigenvalue weighted by Crippen LogP contribution is -2.36. The average molecular weight is 383 g/mol. The average Bonchev–Trinajstić information content (AvgIpc) is 3.09. The summed E-state index contributed by atoms with van der Waals surface area (Å²) >= 11 is 0. The van der Waals surface area contributed by atoms with Gasteiger partial charge in [0.25, 0.3) is 0 Å². The summed E-state index contributed by atoms with van der Waals surface area (Å²) in [6.45, 7) is 2.46. The zero-order valence-electron chi connectivity index (χ0n) is 15.3. The molecule has 0 fully saturated rings. The minimum absolute atomic E-state index is 0.0182. The second-order valence-electron chi connectivity index (χ2n) is 5.56. The lowest BCUT2D eigenvalue weighted by molar-refractivity contribution is -0.484. The summed E-state index contributed by atoms with van der Waals surface area (Å²) in [5.41, 5.74) is 0.305. The van der Waals surface area contributed by atoms with Crippen LogP contribution in [0.3, 0.4) is 0 Å². The van der Waals surface area contributed by atoms with Gasteiger partial charge < -0.3 is 23.7 Å². The number of esters is 2. The molecule has 1 aliphatic heterocycles. The predicted molar refractivity (Wildman–Crippen MR) is 90.5 cm³/mol. The van der Waals surface area contributed by atoms with Gasteiger partial charge in [-0.15, -0.1) is 0 Å². The van der Waals surface area contributed by atoms with Crippen molar-refractivity contribution in [3.05, 3.63) is 27.8 Å². The molecule has 0 saturated carbocycles. The number of hydrogen-bond donors (Lipinski definition) is 0. The van der Waals surface area contributed by atoms with Crippen LogP contribution in [0.2, 0.25) is 0 Å². The first-order valence-electron chi connectivity index (χ1n) is 8.35. The first-order valence-corrected chi connectivity index (χ1v) is 8.35. The van der Waals surface area contributed by atoms with E-state index in [-0.39, 0.29) is 25.8 Å². The Labute approximate surface area is 155 Å². The van der Waals surface area contributed by atoms with E-state index in [1.54, 1.807) is 13.8 Å². The molecule has 1 aliphatic rings. The zero-order chi connectivity index (χ0) is 20.0. The van der Waals surface area contributed by atoms with E-state index < -0.39 is 35.2 Å². The normalized spacial score (nSPS) is 13.2. The maximum Gasteiger partial charge on any atom is 0.321 e. The summed E-state index contributed by atoms with van der Waals surface area (Å²) in [5, 5.41) is 11.3. The minimum Gasteiger partial charge on any atom is -0.493 e. The van der Waals surface area contributed by atoms with E-state index >= 15 is 0 Å². The number of nitrogens with zero attached hydrogens (tertiary/aromatic N) is 1. The molecule has 0 radical (unpaired) electrons. The summed E-state index contributed by atoms with van der Waals surface area (Å²) < 4.78 is 25.8. The number of hydrogen-bond acceptors (Lipinski definition) is 9. The van der Waals surface area contributed by atoms with Crippen LogP contribution in [0.1, 0.15) is 25.3 Å². The molecule has 0 bridgehead atoms. The van der Waals surface area contributed by atoms with E-state index in [9.17, 15) is 19.7 Å². The van der Waals surface area contributed by atoms with Crippen molar-refractivity contribution in [2.24, 2.45) is 5.92 Å². The van der Waals surface area contributed by atoms with Crippen LogP contribution in [0.5, 0.6) is 17.2 Å². The SMILES string of the molecule is CCOC(=O)C(C(=O)OCC)[C@@H](C[N+](=O)[O-])c1cc(OC)c2c(c1)OCO2. The summed E-state index contributed by atoms with van der Waals surface area (Å²) in [6.07, 6.45) is 0. The minimum atomic E-state index is -1.50. The van der Waals surface area contributed by atoms with Crippen molar-refractivity contribution in [1.29, 1.82) is 0 Å². The summed E-state index contributed by atoms with van der Waals surface area (Å²) in [4.78, 5) is 35.5. The van der Waals surface area contributed by atoms with Gasteiger partial charge in [0.2, 0.25) is 19.1 Å². The van der Waals surface area contributed by atoms with Gasteiger partial charge in [-0.1, -0.05) is 0 Å². The summed E-state index contributed by atoms with van der Waals surface area (Å²) in [5.74, 6) is -3.48. The second-order valence-corrected chi connectivity index (χ2v) is 5.56. The summed E-state index contributed by atoms with van der Waals surface area (Å²) in [7, 11) is 1.40. The molecule has 10 nitrogen and oxygen atoms in total. The molecule has 2 rings (SSSR count). The largest absolute Gasteiger partial charge is 0.493 e. The van der Waals surface area contributed by atoms with E-state index in [0.717, 1.165) is 0 Å². The van der Waals surface area contributed by atoms with Crippen molar-refractivity contribution >= 4 is 11.9 Å². The van der Waals surface area contributed by atoms with Gasteiger partial charge in [-0.2, -0.15) is 0 Å². The van der Waals surface area contributed by atoms with Crippen LogP contribution in [0, 0.1) is 16.0 Å². The molecule has 0 unspecified atom stereocenters. The van der Waals surface area contributed by atoms with Gasteiger partial charge in [0.05, 0.1) is 26.2 Å².